The fraction of sp³-hybridized carbons (Fsp3) is 0.576. The Labute approximate surface area is 240 Å². The molecule has 1 aliphatic rings. The fourth-order valence-corrected chi connectivity index (χ4v) is 5.65. The van der Waals surface area contributed by atoms with Crippen molar-refractivity contribution in [2.24, 2.45) is 11.7 Å². The third-order valence-corrected chi connectivity index (χ3v) is 7.71. The molecule has 0 heterocycles. The van der Waals surface area contributed by atoms with Crippen LogP contribution in [0.4, 0.5) is 0 Å². The Bertz CT molecular complexity index is 1080. The maximum absolute atomic E-state index is 13.5. The van der Waals surface area contributed by atoms with Gasteiger partial charge >= 0.3 is 5.97 Å². The van der Waals surface area contributed by atoms with E-state index in [1.165, 1.54) is 32.1 Å². The van der Waals surface area contributed by atoms with Crippen molar-refractivity contribution in [2.75, 3.05) is 26.7 Å². The van der Waals surface area contributed by atoms with E-state index in [2.05, 4.69) is 19.2 Å². The molecular weight excluding hydrogens is 502 g/mol. The van der Waals surface area contributed by atoms with Gasteiger partial charge in [0, 0.05) is 37.8 Å². The molecule has 40 heavy (non-hydrogen) atoms. The number of nitrogens with zero attached hydrogens (tertiary/aromatic N) is 1. The highest BCUT2D eigenvalue weighted by atomic mass is 16.5. The summed E-state index contributed by atoms with van der Waals surface area (Å²) < 4.78 is 11.4. The predicted molar refractivity (Wildman–Crippen MR) is 161 cm³/mol. The van der Waals surface area contributed by atoms with E-state index in [0.717, 1.165) is 36.1 Å². The summed E-state index contributed by atoms with van der Waals surface area (Å²) in [7, 11) is 1.65. The van der Waals surface area contributed by atoms with Gasteiger partial charge in [0.15, 0.2) is 0 Å². The molecular formula is C33H49N3O4. The Kier molecular flexibility index (Phi) is 13.0. The van der Waals surface area contributed by atoms with Crippen molar-refractivity contribution in [2.45, 2.75) is 90.8 Å². The number of rotatable bonds is 15. The first-order chi connectivity index (χ1) is 19.3. The first-order valence-corrected chi connectivity index (χ1v) is 15.1. The molecule has 1 aliphatic carbocycles. The number of carbonyl (C=O) groups is 2. The van der Waals surface area contributed by atoms with Crippen molar-refractivity contribution in [3.63, 3.8) is 0 Å². The van der Waals surface area contributed by atoms with Gasteiger partial charge in [-0.15, -0.1) is 0 Å². The molecule has 0 aliphatic heterocycles. The Balaban J connectivity index is 1.74. The van der Waals surface area contributed by atoms with Gasteiger partial charge in [-0.3, -0.25) is 4.79 Å². The second kappa shape index (κ2) is 16.4. The Morgan fingerprint density at radius 3 is 2.40 bits per heavy atom. The third kappa shape index (κ3) is 9.63. The highest BCUT2D eigenvalue weighted by Gasteiger charge is 2.27. The van der Waals surface area contributed by atoms with E-state index in [-0.39, 0.29) is 11.9 Å². The molecule has 1 saturated carbocycles. The smallest absolute Gasteiger partial charge is 0.338 e. The first kappa shape index (κ1) is 31.6. The van der Waals surface area contributed by atoms with E-state index in [4.69, 9.17) is 15.2 Å². The van der Waals surface area contributed by atoms with Gasteiger partial charge in [-0.25, -0.2) is 4.79 Å². The Hall–Kier alpha value is -2.90. The molecule has 0 saturated heterocycles. The molecule has 3 rings (SSSR count). The minimum atomic E-state index is -0.489. The molecule has 0 unspecified atom stereocenters. The van der Waals surface area contributed by atoms with Crippen LogP contribution in [0.2, 0.25) is 0 Å². The lowest BCUT2D eigenvalue weighted by Crippen LogP contribution is -2.45. The van der Waals surface area contributed by atoms with Crippen molar-refractivity contribution in [1.82, 2.24) is 10.2 Å². The van der Waals surface area contributed by atoms with E-state index in [9.17, 15) is 9.59 Å². The van der Waals surface area contributed by atoms with Crippen LogP contribution in [-0.4, -0.2) is 55.7 Å². The quantitative estimate of drug-likeness (QED) is 0.269. The number of nitrogens with two attached hydrogens (primary N) is 1. The average Bonchev–Trinajstić information content (AvgIpc) is 2.96. The number of hydrogen-bond acceptors (Lipinski definition) is 6. The topological polar surface area (TPSA) is 93.9 Å². The number of aryl methyl sites for hydroxylation is 1. The molecule has 7 nitrogen and oxygen atoms in total. The zero-order valence-electron chi connectivity index (χ0n) is 24.9. The number of methoxy groups -OCH3 is 1. The molecule has 7 heteroatoms. The molecule has 3 N–H and O–H groups in total. The van der Waals surface area contributed by atoms with Crippen LogP contribution in [-0.2, 0) is 11.3 Å². The minimum Gasteiger partial charge on any atom is -0.497 e. The predicted octanol–water partition coefficient (Wildman–Crippen LogP) is 5.88. The molecule has 2 aromatic carbocycles. The van der Waals surface area contributed by atoms with Gasteiger partial charge in [0.05, 0.1) is 12.7 Å². The van der Waals surface area contributed by atoms with Crippen LogP contribution < -0.4 is 15.8 Å². The fourth-order valence-electron chi connectivity index (χ4n) is 5.65. The average molecular weight is 552 g/mol. The van der Waals surface area contributed by atoms with Crippen LogP contribution in [0, 0.1) is 12.8 Å². The van der Waals surface area contributed by atoms with Crippen molar-refractivity contribution >= 4 is 11.9 Å². The molecule has 0 spiro atoms. The highest BCUT2D eigenvalue weighted by Crippen LogP contribution is 2.28. The first-order valence-electron chi connectivity index (χ1n) is 15.1. The number of esters is 1. The van der Waals surface area contributed by atoms with Crippen LogP contribution >= 0.6 is 0 Å². The van der Waals surface area contributed by atoms with Gasteiger partial charge in [0.2, 0.25) is 0 Å². The van der Waals surface area contributed by atoms with E-state index in [0.29, 0.717) is 43.2 Å². The summed E-state index contributed by atoms with van der Waals surface area (Å²) in [6, 6.07) is 12.9. The summed E-state index contributed by atoms with van der Waals surface area (Å²) in [5.74, 6) is 0.877. The summed E-state index contributed by atoms with van der Waals surface area (Å²) in [5.41, 5.74) is 9.56. The largest absolute Gasteiger partial charge is 0.497 e. The standard InChI is InChI=1S/C33H49N3O4/c1-5-15-36(16-6-2)32(37)27-17-24(3)18-28(21-27)33(38)40-31(30(34)20-25-11-8-7-9-12-25)23-35-22-26-13-10-14-29(19-26)39-4/h10,13-14,17-19,21,25,30-31,35H,5-9,11-12,15-16,20,22-23,34H2,1-4H3/t30-,31+/m0/s1. The van der Waals surface area contributed by atoms with Crippen molar-refractivity contribution in [3.8, 4) is 5.75 Å². The zero-order chi connectivity index (χ0) is 28.9. The maximum atomic E-state index is 13.5. The number of benzene rings is 2. The van der Waals surface area contributed by atoms with Gasteiger partial charge in [0.1, 0.15) is 11.9 Å². The van der Waals surface area contributed by atoms with Crippen LogP contribution in [0.5, 0.6) is 5.75 Å². The van der Waals surface area contributed by atoms with Crippen LogP contribution in [0.1, 0.15) is 97.1 Å². The zero-order valence-corrected chi connectivity index (χ0v) is 24.9. The Morgan fingerprint density at radius 2 is 1.73 bits per heavy atom. The van der Waals surface area contributed by atoms with Crippen molar-refractivity contribution in [3.05, 3.63) is 64.7 Å². The molecule has 2 atom stereocenters. The Morgan fingerprint density at radius 1 is 1.02 bits per heavy atom. The number of nitrogens with one attached hydrogen (secondary N) is 1. The summed E-state index contributed by atoms with van der Waals surface area (Å²) in [5, 5.41) is 3.44. The van der Waals surface area contributed by atoms with Gasteiger partial charge in [-0.1, -0.05) is 58.1 Å². The number of ether oxygens (including phenoxy) is 2. The summed E-state index contributed by atoms with van der Waals surface area (Å²) in [4.78, 5) is 28.6. The number of hydrogen-bond donors (Lipinski definition) is 2. The number of carbonyl (C=O) groups excluding carboxylic acids is 2. The molecule has 0 bridgehead atoms. The maximum Gasteiger partial charge on any atom is 0.338 e. The van der Waals surface area contributed by atoms with Crippen LogP contribution in [0.15, 0.2) is 42.5 Å². The molecule has 1 fully saturated rings. The van der Waals surface area contributed by atoms with E-state index >= 15 is 0 Å². The minimum absolute atomic E-state index is 0.0491. The molecule has 0 radical (unpaired) electrons. The van der Waals surface area contributed by atoms with Gasteiger partial charge in [-0.05, 0) is 73.6 Å². The molecule has 1 amide bonds. The SMILES string of the molecule is CCCN(CCC)C(=O)c1cc(C)cc(C(=O)O[C@H](CNCc2cccc(OC)c2)[C@@H](N)CC2CCCCC2)c1. The molecule has 220 valence electrons. The lowest BCUT2D eigenvalue weighted by Gasteiger charge is -2.29. The lowest BCUT2D eigenvalue weighted by atomic mass is 9.84. The van der Waals surface area contributed by atoms with Crippen molar-refractivity contribution < 1.29 is 19.1 Å². The molecule has 0 aromatic heterocycles. The normalized spacial score (nSPS) is 15.3. The van der Waals surface area contributed by atoms with Gasteiger partial charge in [0.25, 0.3) is 5.91 Å². The lowest BCUT2D eigenvalue weighted by molar-refractivity contribution is 0.0210. The summed E-state index contributed by atoms with van der Waals surface area (Å²) in [6.07, 6.45) is 8.24. The monoisotopic (exact) mass is 551 g/mol. The van der Waals surface area contributed by atoms with Gasteiger partial charge in [-0.2, -0.15) is 0 Å². The summed E-state index contributed by atoms with van der Waals surface area (Å²) in [6.45, 7) is 8.46. The van der Waals surface area contributed by atoms with Crippen LogP contribution in [0.25, 0.3) is 0 Å². The van der Waals surface area contributed by atoms with Crippen molar-refractivity contribution in [1.29, 1.82) is 0 Å². The van der Waals surface area contributed by atoms with Gasteiger partial charge < -0.3 is 25.4 Å². The second-order valence-corrected chi connectivity index (χ2v) is 11.2. The number of amides is 1. The van der Waals surface area contributed by atoms with E-state index < -0.39 is 12.1 Å². The van der Waals surface area contributed by atoms with E-state index in [1.54, 1.807) is 19.2 Å². The second-order valence-electron chi connectivity index (χ2n) is 11.2. The van der Waals surface area contributed by atoms with Crippen LogP contribution in [0.3, 0.4) is 0 Å². The van der Waals surface area contributed by atoms with E-state index in [1.807, 2.05) is 42.2 Å². The third-order valence-electron chi connectivity index (χ3n) is 7.71. The summed E-state index contributed by atoms with van der Waals surface area (Å²) >= 11 is 0. The highest BCUT2D eigenvalue weighted by molar-refractivity contribution is 5.98. The molecule has 2 aromatic rings.